The van der Waals surface area contributed by atoms with Crippen LogP contribution in [-0.4, -0.2) is 36.2 Å². The summed E-state index contributed by atoms with van der Waals surface area (Å²) in [5.41, 5.74) is 2.11. The summed E-state index contributed by atoms with van der Waals surface area (Å²) >= 11 is 5.50. The minimum atomic E-state index is -0.163. The number of amides is 1. The summed E-state index contributed by atoms with van der Waals surface area (Å²) in [6.07, 6.45) is 3.51. The van der Waals surface area contributed by atoms with E-state index in [9.17, 15) is 4.79 Å². The van der Waals surface area contributed by atoms with Gasteiger partial charge in [-0.05, 0) is 67.2 Å². The SMILES string of the molecule is C=CCOc1ccc(/C=C2/C(=O)N(c3ccc(OCC)cc3)C(=S)N2C)cc1. The van der Waals surface area contributed by atoms with Gasteiger partial charge >= 0.3 is 0 Å². The predicted octanol–water partition coefficient (Wildman–Crippen LogP) is 4.25. The fourth-order valence-electron chi connectivity index (χ4n) is 2.82. The van der Waals surface area contributed by atoms with Crippen molar-refractivity contribution in [1.82, 2.24) is 4.90 Å². The highest BCUT2D eigenvalue weighted by Gasteiger charge is 2.36. The van der Waals surface area contributed by atoms with Crippen LogP contribution in [-0.2, 0) is 4.79 Å². The second kappa shape index (κ2) is 8.71. The van der Waals surface area contributed by atoms with E-state index < -0.39 is 0 Å². The average Bonchev–Trinajstić information content (AvgIpc) is 2.92. The highest BCUT2D eigenvalue weighted by molar-refractivity contribution is 7.80. The molecular weight excluding hydrogens is 372 g/mol. The van der Waals surface area contributed by atoms with Crippen LogP contribution in [0.15, 0.2) is 66.9 Å². The molecule has 5 nitrogen and oxygen atoms in total. The van der Waals surface area contributed by atoms with Crippen molar-refractivity contribution < 1.29 is 14.3 Å². The molecule has 6 heteroatoms. The van der Waals surface area contributed by atoms with E-state index in [0.717, 1.165) is 17.1 Å². The van der Waals surface area contributed by atoms with Gasteiger partial charge in [0.15, 0.2) is 5.11 Å². The van der Waals surface area contributed by atoms with Crippen LogP contribution in [0.25, 0.3) is 6.08 Å². The largest absolute Gasteiger partial charge is 0.494 e. The molecule has 0 N–H and O–H groups in total. The van der Waals surface area contributed by atoms with Crippen LogP contribution in [0.4, 0.5) is 5.69 Å². The first kappa shape index (κ1) is 19.6. The Labute approximate surface area is 170 Å². The lowest BCUT2D eigenvalue weighted by Gasteiger charge is -2.16. The van der Waals surface area contributed by atoms with Gasteiger partial charge in [-0.3, -0.25) is 9.69 Å². The summed E-state index contributed by atoms with van der Waals surface area (Å²) in [6, 6.07) is 14.8. The number of carbonyl (C=O) groups excluding carboxylic acids is 1. The quantitative estimate of drug-likeness (QED) is 0.399. The molecule has 144 valence electrons. The molecule has 28 heavy (non-hydrogen) atoms. The Hall–Kier alpha value is -3.12. The summed E-state index contributed by atoms with van der Waals surface area (Å²) in [4.78, 5) is 16.3. The number of ether oxygens (including phenoxy) is 2. The van der Waals surface area contributed by atoms with E-state index in [1.165, 1.54) is 4.90 Å². The first-order chi connectivity index (χ1) is 13.5. The molecule has 2 aromatic carbocycles. The highest BCUT2D eigenvalue weighted by atomic mass is 32.1. The summed E-state index contributed by atoms with van der Waals surface area (Å²) in [5.74, 6) is 1.34. The van der Waals surface area contributed by atoms with Crippen LogP contribution >= 0.6 is 12.2 Å². The van der Waals surface area contributed by atoms with Gasteiger partial charge in [-0.1, -0.05) is 24.8 Å². The van der Waals surface area contributed by atoms with Crippen LogP contribution in [0, 0.1) is 0 Å². The molecule has 1 heterocycles. The Morgan fingerprint density at radius 3 is 2.25 bits per heavy atom. The zero-order chi connectivity index (χ0) is 20.1. The fraction of sp³-hybridized carbons (Fsp3) is 0.182. The standard InChI is InChI=1S/C22H22N2O3S/c1-4-14-27-19-10-6-16(7-11-19)15-20-21(25)24(22(28)23(20)3)17-8-12-18(13-9-17)26-5-2/h4,6-13,15H,1,5,14H2,2-3H3/b20-15-. The van der Waals surface area contributed by atoms with Gasteiger partial charge in [0.2, 0.25) is 0 Å². The molecule has 2 aromatic rings. The van der Waals surface area contributed by atoms with Crippen molar-refractivity contribution in [3.8, 4) is 11.5 Å². The van der Waals surface area contributed by atoms with Gasteiger partial charge < -0.3 is 14.4 Å². The Balaban J connectivity index is 1.83. The minimum absolute atomic E-state index is 0.163. The molecule has 0 bridgehead atoms. The predicted molar refractivity (Wildman–Crippen MR) is 116 cm³/mol. The summed E-state index contributed by atoms with van der Waals surface area (Å²) < 4.78 is 10.9. The Morgan fingerprint density at radius 1 is 1.04 bits per heavy atom. The molecule has 1 saturated heterocycles. The third-order valence-corrected chi connectivity index (χ3v) is 4.68. The van der Waals surface area contributed by atoms with E-state index in [-0.39, 0.29) is 5.91 Å². The Kier molecular flexibility index (Phi) is 6.11. The lowest BCUT2D eigenvalue weighted by Crippen LogP contribution is -2.31. The maximum atomic E-state index is 13.0. The summed E-state index contributed by atoms with van der Waals surface area (Å²) in [7, 11) is 1.79. The maximum Gasteiger partial charge on any atom is 0.281 e. The molecule has 0 spiro atoms. The third kappa shape index (κ3) is 4.07. The maximum absolute atomic E-state index is 13.0. The Bertz CT molecular complexity index is 904. The smallest absolute Gasteiger partial charge is 0.281 e. The van der Waals surface area contributed by atoms with E-state index in [1.54, 1.807) is 18.0 Å². The van der Waals surface area contributed by atoms with Crippen molar-refractivity contribution in [3.63, 3.8) is 0 Å². The van der Waals surface area contributed by atoms with E-state index in [0.29, 0.717) is 29.7 Å². The second-order valence-electron chi connectivity index (χ2n) is 6.11. The van der Waals surface area contributed by atoms with E-state index in [4.69, 9.17) is 21.7 Å². The highest BCUT2D eigenvalue weighted by Crippen LogP contribution is 2.29. The number of anilines is 1. The molecule has 0 aromatic heterocycles. The number of hydrogen-bond acceptors (Lipinski definition) is 4. The number of likely N-dealkylation sites (N-methyl/N-ethyl adjacent to an activating group) is 1. The molecule has 0 atom stereocenters. The normalized spacial score (nSPS) is 15.3. The number of benzene rings is 2. The van der Waals surface area contributed by atoms with Gasteiger partial charge in [0.25, 0.3) is 5.91 Å². The number of carbonyl (C=O) groups is 1. The first-order valence-electron chi connectivity index (χ1n) is 8.95. The van der Waals surface area contributed by atoms with Gasteiger partial charge in [-0.2, -0.15) is 0 Å². The van der Waals surface area contributed by atoms with Crippen molar-refractivity contribution in [3.05, 3.63) is 72.4 Å². The number of thiocarbonyl (C=S) groups is 1. The van der Waals surface area contributed by atoms with Gasteiger partial charge in [0.05, 0.1) is 12.3 Å². The van der Waals surface area contributed by atoms with Crippen LogP contribution in [0.5, 0.6) is 11.5 Å². The molecule has 1 aliphatic rings. The first-order valence-corrected chi connectivity index (χ1v) is 9.36. The zero-order valence-electron chi connectivity index (χ0n) is 15.9. The monoisotopic (exact) mass is 394 g/mol. The zero-order valence-corrected chi connectivity index (χ0v) is 16.7. The van der Waals surface area contributed by atoms with Gasteiger partial charge in [-0.15, -0.1) is 0 Å². The van der Waals surface area contributed by atoms with Crippen molar-refractivity contribution >= 4 is 35.0 Å². The lowest BCUT2D eigenvalue weighted by atomic mass is 10.1. The molecular formula is C22H22N2O3S. The van der Waals surface area contributed by atoms with Gasteiger partial charge in [0, 0.05) is 7.05 Å². The molecule has 0 unspecified atom stereocenters. The molecule has 0 saturated carbocycles. The van der Waals surface area contributed by atoms with Crippen molar-refractivity contribution in [1.29, 1.82) is 0 Å². The van der Waals surface area contributed by atoms with E-state index >= 15 is 0 Å². The van der Waals surface area contributed by atoms with Crippen LogP contribution in [0.1, 0.15) is 12.5 Å². The van der Waals surface area contributed by atoms with E-state index in [2.05, 4.69) is 6.58 Å². The molecule has 1 amide bonds. The number of rotatable bonds is 7. The van der Waals surface area contributed by atoms with Gasteiger partial charge in [-0.25, -0.2) is 0 Å². The molecule has 1 aliphatic heterocycles. The fourth-order valence-corrected chi connectivity index (χ4v) is 3.10. The van der Waals surface area contributed by atoms with Crippen LogP contribution < -0.4 is 14.4 Å². The second-order valence-corrected chi connectivity index (χ2v) is 6.47. The van der Waals surface area contributed by atoms with Crippen LogP contribution in [0.2, 0.25) is 0 Å². The minimum Gasteiger partial charge on any atom is -0.494 e. The molecule has 0 aliphatic carbocycles. The number of hydrogen-bond donors (Lipinski definition) is 0. The van der Waals surface area contributed by atoms with Crippen molar-refractivity contribution in [2.45, 2.75) is 6.92 Å². The summed E-state index contributed by atoms with van der Waals surface area (Å²) in [6.45, 7) is 6.60. The number of nitrogens with zero attached hydrogens (tertiary/aromatic N) is 2. The molecule has 1 fully saturated rings. The average molecular weight is 394 g/mol. The topological polar surface area (TPSA) is 42.0 Å². The van der Waals surface area contributed by atoms with Crippen molar-refractivity contribution in [2.75, 3.05) is 25.2 Å². The van der Waals surface area contributed by atoms with Crippen molar-refractivity contribution in [2.24, 2.45) is 0 Å². The van der Waals surface area contributed by atoms with Gasteiger partial charge in [0.1, 0.15) is 23.8 Å². The van der Waals surface area contributed by atoms with E-state index in [1.807, 2.05) is 61.5 Å². The Morgan fingerprint density at radius 2 is 1.64 bits per heavy atom. The lowest BCUT2D eigenvalue weighted by molar-refractivity contribution is -0.114. The third-order valence-electron chi connectivity index (χ3n) is 4.22. The van der Waals surface area contributed by atoms with Crippen LogP contribution in [0.3, 0.4) is 0 Å². The molecule has 3 rings (SSSR count). The molecule has 0 radical (unpaired) electrons. The summed E-state index contributed by atoms with van der Waals surface area (Å²) in [5, 5.41) is 0.436.